The molecule has 0 bridgehead atoms. The molecule has 1 saturated heterocycles. The molecule has 2 heterocycles. The van der Waals surface area contributed by atoms with Gasteiger partial charge in [0.05, 0.1) is 18.1 Å². The van der Waals surface area contributed by atoms with Crippen LogP contribution in [0.1, 0.15) is 16.1 Å². The monoisotopic (exact) mass is 428 g/mol. The highest BCUT2D eigenvalue weighted by molar-refractivity contribution is 9.10. The summed E-state index contributed by atoms with van der Waals surface area (Å²) in [5, 5.41) is 2.69. The van der Waals surface area contributed by atoms with Crippen LogP contribution in [0.2, 0.25) is 0 Å². The summed E-state index contributed by atoms with van der Waals surface area (Å²) < 4.78 is 37.5. The number of hydrogen-bond acceptors (Lipinski definition) is 5. The van der Waals surface area contributed by atoms with Gasteiger partial charge in [-0.1, -0.05) is 0 Å². The molecule has 2 aromatic rings. The van der Waals surface area contributed by atoms with Crippen LogP contribution in [0.3, 0.4) is 0 Å². The zero-order valence-corrected chi connectivity index (χ0v) is 15.9. The normalized spacial score (nSPS) is 15.9. The van der Waals surface area contributed by atoms with Crippen molar-refractivity contribution < 1.29 is 22.4 Å². The van der Waals surface area contributed by atoms with Gasteiger partial charge in [-0.15, -0.1) is 0 Å². The van der Waals surface area contributed by atoms with Crippen LogP contribution >= 0.6 is 15.9 Å². The lowest BCUT2D eigenvalue weighted by Gasteiger charge is -2.26. The minimum absolute atomic E-state index is 0.185. The Morgan fingerprint density at radius 2 is 1.84 bits per heavy atom. The summed E-state index contributed by atoms with van der Waals surface area (Å²) in [7, 11) is -3.55. The van der Waals surface area contributed by atoms with Gasteiger partial charge in [-0.05, 0) is 53.2 Å². The molecule has 0 aliphatic carbocycles. The van der Waals surface area contributed by atoms with Crippen molar-refractivity contribution in [2.45, 2.75) is 11.8 Å². The number of rotatable bonds is 4. The summed E-state index contributed by atoms with van der Waals surface area (Å²) in [6.07, 6.45) is 0. The largest absolute Gasteiger partial charge is 0.444 e. The number of hydrogen-bond donors (Lipinski definition) is 1. The highest BCUT2D eigenvalue weighted by Crippen LogP contribution is 2.22. The highest BCUT2D eigenvalue weighted by Gasteiger charge is 2.26. The number of benzene rings is 1. The van der Waals surface area contributed by atoms with E-state index < -0.39 is 15.9 Å². The fourth-order valence-corrected chi connectivity index (χ4v) is 4.42. The number of halogens is 1. The number of carbonyl (C=O) groups excluding carboxylic acids is 1. The first-order valence-electron chi connectivity index (χ1n) is 7.63. The lowest BCUT2D eigenvalue weighted by molar-refractivity contribution is 0.0730. The van der Waals surface area contributed by atoms with E-state index in [1.807, 2.05) is 0 Å². The van der Waals surface area contributed by atoms with E-state index in [0.29, 0.717) is 42.2 Å². The first-order valence-corrected chi connectivity index (χ1v) is 9.86. The minimum Gasteiger partial charge on any atom is -0.444 e. The Labute approximate surface area is 154 Å². The summed E-state index contributed by atoms with van der Waals surface area (Å²) >= 11 is 3.18. The molecule has 0 saturated carbocycles. The van der Waals surface area contributed by atoms with Gasteiger partial charge in [0.25, 0.3) is 5.91 Å². The molecular formula is C16H17BrN2O5S. The molecular weight excluding hydrogens is 412 g/mol. The summed E-state index contributed by atoms with van der Waals surface area (Å²) in [6.45, 7) is 3.24. The molecule has 1 N–H and O–H groups in total. The molecule has 9 heteroatoms. The van der Waals surface area contributed by atoms with E-state index >= 15 is 0 Å². The molecule has 1 amide bonds. The number of nitrogens with one attached hydrogen (secondary N) is 1. The Balaban J connectivity index is 1.74. The van der Waals surface area contributed by atoms with Gasteiger partial charge in [-0.25, -0.2) is 8.42 Å². The topological polar surface area (TPSA) is 88.8 Å². The van der Waals surface area contributed by atoms with E-state index in [1.54, 1.807) is 25.1 Å². The standard InChI is InChI=1S/C16H17BrN2O5S/c1-11-10-14(17)24-15(11)16(20)18-12-2-4-13(5-3-12)25(21,22)19-6-8-23-9-7-19/h2-5,10H,6-9H2,1H3,(H,18,20). The maximum absolute atomic E-state index is 12.6. The van der Waals surface area contributed by atoms with Crippen LogP contribution < -0.4 is 5.32 Å². The predicted octanol–water partition coefficient (Wildman–Crippen LogP) is 2.62. The zero-order chi connectivity index (χ0) is 18.0. The number of carbonyl (C=O) groups is 1. The van der Waals surface area contributed by atoms with E-state index in [1.165, 1.54) is 16.4 Å². The number of aryl methyl sites for hydroxylation is 1. The zero-order valence-electron chi connectivity index (χ0n) is 13.5. The third-order valence-corrected chi connectivity index (χ3v) is 6.12. The highest BCUT2D eigenvalue weighted by atomic mass is 79.9. The molecule has 0 atom stereocenters. The second-order valence-electron chi connectivity index (χ2n) is 5.56. The van der Waals surface area contributed by atoms with Crippen molar-refractivity contribution in [1.82, 2.24) is 4.31 Å². The maximum atomic E-state index is 12.6. The third kappa shape index (κ3) is 3.95. The Hall–Kier alpha value is -1.68. The maximum Gasteiger partial charge on any atom is 0.291 e. The van der Waals surface area contributed by atoms with Crippen LogP contribution in [0.4, 0.5) is 5.69 Å². The average Bonchev–Trinajstić information content (AvgIpc) is 2.94. The van der Waals surface area contributed by atoms with E-state index in [4.69, 9.17) is 9.15 Å². The lowest BCUT2D eigenvalue weighted by atomic mass is 10.2. The van der Waals surface area contributed by atoms with Crippen LogP contribution in [0, 0.1) is 6.92 Å². The molecule has 1 aliphatic rings. The van der Waals surface area contributed by atoms with Crippen molar-refractivity contribution in [3.05, 3.63) is 46.3 Å². The van der Waals surface area contributed by atoms with Crippen molar-refractivity contribution in [2.75, 3.05) is 31.6 Å². The fourth-order valence-electron chi connectivity index (χ4n) is 2.50. The van der Waals surface area contributed by atoms with Crippen molar-refractivity contribution in [1.29, 1.82) is 0 Å². The first-order chi connectivity index (χ1) is 11.9. The smallest absolute Gasteiger partial charge is 0.291 e. The second kappa shape index (κ2) is 7.28. The molecule has 1 fully saturated rings. The van der Waals surface area contributed by atoms with Gasteiger partial charge < -0.3 is 14.5 Å². The molecule has 1 aromatic carbocycles. The van der Waals surface area contributed by atoms with Gasteiger partial charge in [-0.2, -0.15) is 4.31 Å². The van der Waals surface area contributed by atoms with Crippen LogP contribution in [-0.2, 0) is 14.8 Å². The number of morpholine rings is 1. The van der Waals surface area contributed by atoms with Crippen molar-refractivity contribution in [3.63, 3.8) is 0 Å². The van der Waals surface area contributed by atoms with E-state index in [2.05, 4.69) is 21.2 Å². The molecule has 7 nitrogen and oxygen atoms in total. The number of anilines is 1. The number of furan rings is 1. The van der Waals surface area contributed by atoms with Crippen molar-refractivity contribution >= 4 is 37.5 Å². The molecule has 1 aromatic heterocycles. The Kier molecular flexibility index (Phi) is 5.28. The molecule has 134 valence electrons. The summed E-state index contributed by atoms with van der Waals surface area (Å²) in [6, 6.07) is 7.76. The van der Waals surface area contributed by atoms with Crippen molar-refractivity contribution in [2.24, 2.45) is 0 Å². The van der Waals surface area contributed by atoms with E-state index in [9.17, 15) is 13.2 Å². The van der Waals surface area contributed by atoms with Gasteiger partial charge in [0, 0.05) is 24.3 Å². The second-order valence-corrected chi connectivity index (χ2v) is 8.28. The number of nitrogens with zero attached hydrogens (tertiary/aromatic N) is 1. The first kappa shape index (κ1) is 18.1. The van der Waals surface area contributed by atoms with Gasteiger partial charge in [0.1, 0.15) is 0 Å². The molecule has 3 rings (SSSR count). The number of sulfonamides is 1. The van der Waals surface area contributed by atoms with Crippen LogP contribution in [0.25, 0.3) is 0 Å². The van der Waals surface area contributed by atoms with Gasteiger partial charge >= 0.3 is 0 Å². The van der Waals surface area contributed by atoms with Crippen LogP contribution in [0.15, 0.2) is 44.3 Å². The van der Waals surface area contributed by atoms with Gasteiger partial charge in [-0.3, -0.25) is 4.79 Å². The molecule has 0 spiro atoms. The SMILES string of the molecule is Cc1cc(Br)oc1C(=O)Nc1ccc(S(=O)(=O)N2CCOCC2)cc1. The molecule has 25 heavy (non-hydrogen) atoms. The third-order valence-electron chi connectivity index (χ3n) is 3.81. The summed E-state index contributed by atoms with van der Waals surface area (Å²) in [5.41, 5.74) is 1.19. The van der Waals surface area contributed by atoms with E-state index in [0.717, 1.165) is 0 Å². The molecule has 0 unspecified atom stereocenters. The number of amides is 1. The van der Waals surface area contributed by atoms with Gasteiger partial charge in [0.2, 0.25) is 10.0 Å². The predicted molar refractivity (Wildman–Crippen MR) is 95.1 cm³/mol. The Bertz CT molecular complexity index is 870. The van der Waals surface area contributed by atoms with E-state index in [-0.39, 0.29) is 10.7 Å². The van der Waals surface area contributed by atoms with Crippen LogP contribution in [-0.4, -0.2) is 44.9 Å². The van der Waals surface area contributed by atoms with Gasteiger partial charge in [0.15, 0.2) is 10.4 Å². The number of ether oxygens (including phenoxy) is 1. The van der Waals surface area contributed by atoms with Crippen molar-refractivity contribution in [3.8, 4) is 0 Å². The quantitative estimate of drug-likeness (QED) is 0.808. The Morgan fingerprint density at radius 3 is 2.40 bits per heavy atom. The average molecular weight is 429 g/mol. The van der Waals surface area contributed by atoms with Crippen LogP contribution in [0.5, 0.6) is 0 Å². The molecule has 0 radical (unpaired) electrons. The lowest BCUT2D eigenvalue weighted by Crippen LogP contribution is -2.40. The molecule has 1 aliphatic heterocycles. The Morgan fingerprint density at radius 1 is 1.20 bits per heavy atom. The minimum atomic E-state index is -3.55. The summed E-state index contributed by atoms with van der Waals surface area (Å²) in [5.74, 6) is -0.191. The summed E-state index contributed by atoms with van der Waals surface area (Å²) in [4.78, 5) is 12.4. The fraction of sp³-hybridized carbons (Fsp3) is 0.312.